The quantitative estimate of drug-likeness (QED) is 0.332. The number of hydrogen-bond donors (Lipinski definition) is 2. The van der Waals surface area contributed by atoms with Crippen molar-refractivity contribution in [2.45, 2.75) is 0 Å². The summed E-state index contributed by atoms with van der Waals surface area (Å²) in [6, 6.07) is 9.29. The third-order valence-electron chi connectivity index (χ3n) is 4.59. The van der Waals surface area contributed by atoms with Crippen LogP contribution in [0, 0.1) is 10.1 Å². The summed E-state index contributed by atoms with van der Waals surface area (Å²) in [7, 11) is 3.06. The molecule has 0 aliphatic carbocycles. The standard InChI is InChI=1S/C20H17N7O5/c1-31-13-4-5-14(17(10-13)32-2)18-22-20(25-24-18)23-19(28)12-3-6-15(16(9-12)27(29)30)26-8-7-21-11-26/h3-11H,1-2H3,(H2,22,23,24,25,28). The number of nitro benzene ring substituents is 1. The number of amides is 1. The van der Waals surface area contributed by atoms with E-state index in [4.69, 9.17) is 9.47 Å². The maximum atomic E-state index is 12.7. The summed E-state index contributed by atoms with van der Waals surface area (Å²) in [5.74, 6) is 0.881. The highest BCUT2D eigenvalue weighted by atomic mass is 16.6. The molecular weight excluding hydrogens is 418 g/mol. The van der Waals surface area contributed by atoms with Crippen molar-refractivity contribution in [1.82, 2.24) is 24.7 Å². The fourth-order valence-electron chi connectivity index (χ4n) is 3.04. The molecule has 0 radical (unpaired) electrons. The molecule has 32 heavy (non-hydrogen) atoms. The monoisotopic (exact) mass is 435 g/mol. The average molecular weight is 435 g/mol. The van der Waals surface area contributed by atoms with Gasteiger partial charge in [0.05, 0.1) is 31.0 Å². The van der Waals surface area contributed by atoms with Crippen LogP contribution in [0.1, 0.15) is 10.4 Å². The highest BCUT2D eigenvalue weighted by Gasteiger charge is 2.20. The first-order valence-corrected chi connectivity index (χ1v) is 9.23. The van der Waals surface area contributed by atoms with E-state index in [1.54, 1.807) is 31.5 Å². The predicted molar refractivity (Wildman–Crippen MR) is 113 cm³/mol. The number of rotatable bonds is 7. The first-order chi connectivity index (χ1) is 15.5. The van der Waals surface area contributed by atoms with Crippen LogP contribution in [-0.4, -0.2) is 49.8 Å². The third-order valence-corrected chi connectivity index (χ3v) is 4.59. The minimum atomic E-state index is -0.600. The van der Waals surface area contributed by atoms with Crippen molar-refractivity contribution in [3.05, 3.63) is 70.8 Å². The summed E-state index contributed by atoms with van der Waals surface area (Å²) in [6.45, 7) is 0. The molecule has 0 saturated carbocycles. The fraction of sp³-hybridized carbons (Fsp3) is 0.100. The number of ether oxygens (including phenoxy) is 2. The molecule has 12 heteroatoms. The lowest BCUT2D eigenvalue weighted by Crippen LogP contribution is -2.13. The minimum Gasteiger partial charge on any atom is -0.497 e. The SMILES string of the molecule is COc1ccc(-c2nc(NC(=O)c3ccc(-n4ccnc4)c([N+](=O)[O-])c3)n[nH]2)c(OC)c1. The van der Waals surface area contributed by atoms with Crippen molar-refractivity contribution in [2.24, 2.45) is 0 Å². The van der Waals surface area contributed by atoms with Crippen LogP contribution >= 0.6 is 0 Å². The number of carbonyl (C=O) groups is 1. The highest BCUT2D eigenvalue weighted by molar-refractivity contribution is 6.04. The van der Waals surface area contributed by atoms with Gasteiger partial charge in [0.25, 0.3) is 11.6 Å². The van der Waals surface area contributed by atoms with Gasteiger partial charge in [-0.3, -0.25) is 25.3 Å². The van der Waals surface area contributed by atoms with Gasteiger partial charge in [0.15, 0.2) is 5.82 Å². The Hall–Kier alpha value is -4.74. The fourth-order valence-corrected chi connectivity index (χ4v) is 3.04. The van der Waals surface area contributed by atoms with Crippen LogP contribution in [0.4, 0.5) is 11.6 Å². The van der Waals surface area contributed by atoms with Gasteiger partial charge in [0.2, 0.25) is 5.95 Å². The molecule has 0 atom stereocenters. The van der Waals surface area contributed by atoms with Crippen molar-refractivity contribution in [2.75, 3.05) is 19.5 Å². The predicted octanol–water partition coefficient (Wildman–Crippen LogP) is 2.84. The summed E-state index contributed by atoms with van der Waals surface area (Å²) in [5.41, 5.74) is 0.737. The first-order valence-electron chi connectivity index (χ1n) is 9.23. The lowest BCUT2D eigenvalue weighted by molar-refractivity contribution is -0.384. The van der Waals surface area contributed by atoms with Crippen LogP contribution in [0.5, 0.6) is 11.5 Å². The van der Waals surface area contributed by atoms with Gasteiger partial charge >= 0.3 is 0 Å². The van der Waals surface area contributed by atoms with Crippen LogP contribution in [0.2, 0.25) is 0 Å². The number of imidazole rings is 1. The van der Waals surface area contributed by atoms with Gasteiger partial charge in [0.1, 0.15) is 17.2 Å². The number of anilines is 1. The summed E-state index contributed by atoms with van der Waals surface area (Å²) in [5, 5.41) is 20.8. The number of nitro groups is 1. The van der Waals surface area contributed by atoms with Gasteiger partial charge in [-0.2, -0.15) is 4.98 Å². The Labute approximate surface area is 181 Å². The van der Waals surface area contributed by atoms with Crippen LogP contribution in [0.25, 0.3) is 17.1 Å². The van der Waals surface area contributed by atoms with Gasteiger partial charge in [-0.05, 0) is 24.3 Å². The number of nitrogens with zero attached hydrogens (tertiary/aromatic N) is 5. The number of methoxy groups -OCH3 is 2. The molecule has 12 nitrogen and oxygen atoms in total. The normalized spacial score (nSPS) is 10.6. The number of carbonyl (C=O) groups excluding carboxylic acids is 1. The number of hydrogen-bond acceptors (Lipinski definition) is 8. The maximum absolute atomic E-state index is 12.7. The molecule has 4 aromatic rings. The van der Waals surface area contributed by atoms with Gasteiger partial charge < -0.3 is 14.0 Å². The molecule has 162 valence electrons. The van der Waals surface area contributed by atoms with E-state index in [0.717, 1.165) is 0 Å². The molecule has 0 aliphatic rings. The molecule has 2 aromatic carbocycles. The zero-order valence-electron chi connectivity index (χ0n) is 17.0. The largest absolute Gasteiger partial charge is 0.497 e. The zero-order chi connectivity index (χ0) is 22.7. The highest BCUT2D eigenvalue weighted by Crippen LogP contribution is 2.31. The molecule has 2 aromatic heterocycles. The molecule has 2 heterocycles. The average Bonchev–Trinajstić information content (AvgIpc) is 3.50. The molecule has 4 rings (SSSR count). The molecule has 0 saturated heterocycles. The van der Waals surface area contributed by atoms with Crippen molar-refractivity contribution in [1.29, 1.82) is 0 Å². The molecule has 0 fully saturated rings. The summed E-state index contributed by atoms with van der Waals surface area (Å²) >= 11 is 0. The molecule has 0 aliphatic heterocycles. The second-order valence-corrected chi connectivity index (χ2v) is 6.46. The second kappa shape index (κ2) is 8.55. The summed E-state index contributed by atoms with van der Waals surface area (Å²) in [4.78, 5) is 31.7. The van der Waals surface area contributed by atoms with Crippen molar-refractivity contribution >= 4 is 17.5 Å². The Morgan fingerprint density at radius 2 is 2.03 bits per heavy atom. The molecule has 1 amide bonds. The lowest BCUT2D eigenvalue weighted by atomic mass is 10.1. The molecule has 0 spiro atoms. The van der Waals surface area contributed by atoms with Crippen molar-refractivity contribution in [3.63, 3.8) is 0 Å². The third kappa shape index (κ3) is 3.96. The Kier molecular flexibility index (Phi) is 5.49. The first kappa shape index (κ1) is 20.5. The van der Waals surface area contributed by atoms with Crippen LogP contribution in [-0.2, 0) is 0 Å². The van der Waals surface area contributed by atoms with Gasteiger partial charge in [0, 0.05) is 30.1 Å². The zero-order valence-corrected chi connectivity index (χ0v) is 17.0. The maximum Gasteiger partial charge on any atom is 0.294 e. The van der Waals surface area contributed by atoms with Crippen LogP contribution < -0.4 is 14.8 Å². The minimum absolute atomic E-state index is 0.00390. The Balaban J connectivity index is 1.57. The van der Waals surface area contributed by atoms with Crippen LogP contribution in [0.15, 0.2) is 55.1 Å². The van der Waals surface area contributed by atoms with Gasteiger partial charge in [-0.25, -0.2) is 4.98 Å². The lowest BCUT2D eigenvalue weighted by Gasteiger charge is -2.08. The number of H-pyrrole nitrogens is 1. The molecule has 0 unspecified atom stereocenters. The van der Waals surface area contributed by atoms with E-state index in [1.807, 2.05) is 0 Å². The summed E-state index contributed by atoms with van der Waals surface area (Å²) < 4.78 is 12.0. The van der Waals surface area contributed by atoms with E-state index in [-0.39, 0.29) is 22.9 Å². The number of benzene rings is 2. The summed E-state index contributed by atoms with van der Waals surface area (Å²) in [6.07, 6.45) is 4.51. The second-order valence-electron chi connectivity index (χ2n) is 6.46. The van der Waals surface area contributed by atoms with E-state index >= 15 is 0 Å². The van der Waals surface area contributed by atoms with E-state index in [0.29, 0.717) is 22.9 Å². The Morgan fingerprint density at radius 3 is 2.72 bits per heavy atom. The van der Waals surface area contributed by atoms with Crippen molar-refractivity contribution < 1.29 is 19.2 Å². The Bertz CT molecular complexity index is 1280. The van der Waals surface area contributed by atoms with Crippen LogP contribution in [0.3, 0.4) is 0 Å². The Morgan fingerprint density at radius 1 is 1.19 bits per heavy atom. The van der Waals surface area contributed by atoms with Gasteiger partial charge in [-0.15, -0.1) is 5.10 Å². The van der Waals surface area contributed by atoms with E-state index in [2.05, 4.69) is 25.5 Å². The van der Waals surface area contributed by atoms with E-state index in [9.17, 15) is 14.9 Å². The molecule has 0 bridgehead atoms. The number of aromatic amines is 1. The molecule has 2 N–H and O–H groups in total. The number of aromatic nitrogens is 5. The number of nitrogens with one attached hydrogen (secondary N) is 2. The smallest absolute Gasteiger partial charge is 0.294 e. The van der Waals surface area contributed by atoms with E-state index < -0.39 is 10.8 Å². The van der Waals surface area contributed by atoms with E-state index in [1.165, 1.54) is 42.4 Å². The van der Waals surface area contributed by atoms with Crippen molar-refractivity contribution in [3.8, 4) is 28.6 Å². The molecular formula is C20H17N7O5. The topological polar surface area (TPSA) is 150 Å². The van der Waals surface area contributed by atoms with Gasteiger partial charge in [-0.1, -0.05) is 0 Å².